The molecule has 0 amide bonds. The molecule has 18 heavy (non-hydrogen) atoms. The molecule has 0 aromatic heterocycles. The Hall–Kier alpha value is -1.61. The third kappa shape index (κ3) is 3.44. The number of ether oxygens (including phenoxy) is 1. The molecule has 3 heteroatoms. The molecular formula is C15H19NO2. The lowest BCUT2D eigenvalue weighted by molar-refractivity contribution is -0.118. The van der Waals surface area contributed by atoms with E-state index in [9.17, 15) is 4.79 Å². The van der Waals surface area contributed by atoms with E-state index in [1.807, 2.05) is 6.07 Å². The van der Waals surface area contributed by atoms with Gasteiger partial charge in [0.05, 0.1) is 13.2 Å². The van der Waals surface area contributed by atoms with Crippen molar-refractivity contribution < 1.29 is 9.53 Å². The van der Waals surface area contributed by atoms with Gasteiger partial charge in [-0.3, -0.25) is 4.79 Å². The average Bonchev–Trinajstić information content (AvgIpc) is 2.84. The molecule has 1 aromatic carbocycles. The van der Waals surface area contributed by atoms with Crippen molar-refractivity contribution in [3.63, 3.8) is 0 Å². The van der Waals surface area contributed by atoms with E-state index < -0.39 is 0 Å². The van der Waals surface area contributed by atoms with Crippen molar-refractivity contribution in [1.82, 2.24) is 5.32 Å². The van der Waals surface area contributed by atoms with Crippen molar-refractivity contribution in [3.05, 3.63) is 42.0 Å². The van der Waals surface area contributed by atoms with Crippen LogP contribution in [0.2, 0.25) is 0 Å². The maximum atomic E-state index is 11.6. The molecule has 1 aliphatic rings. The predicted molar refractivity (Wildman–Crippen MR) is 72.0 cm³/mol. The zero-order chi connectivity index (χ0) is 12.8. The average molecular weight is 245 g/mol. The van der Waals surface area contributed by atoms with Crippen LogP contribution in [-0.2, 0) is 17.6 Å². The van der Waals surface area contributed by atoms with Gasteiger partial charge in [-0.05, 0) is 23.6 Å². The highest BCUT2D eigenvalue weighted by Crippen LogP contribution is 2.26. The Morgan fingerprint density at radius 2 is 2.39 bits per heavy atom. The molecule has 96 valence electrons. The molecule has 0 bridgehead atoms. The van der Waals surface area contributed by atoms with E-state index in [0.29, 0.717) is 19.5 Å². The van der Waals surface area contributed by atoms with Crippen molar-refractivity contribution in [1.29, 1.82) is 0 Å². The number of carbonyl (C=O) groups excluding carboxylic acids is 1. The number of ketones is 1. The van der Waals surface area contributed by atoms with Crippen molar-refractivity contribution in [2.75, 3.05) is 19.7 Å². The molecular weight excluding hydrogens is 226 g/mol. The van der Waals surface area contributed by atoms with Gasteiger partial charge in [0.1, 0.15) is 11.5 Å². The normalized spacial score (nSPS) is 12.9. The molecule has 0 saturated carbocycles. The van der Waals surface area contributed by atoms with E-state index >= 15 is 0 Å². The van der Waals surface area contributed by atoms with Crippen LogP contribution in [0.5, 0.6) is 5.75 Å². The Bertz CT molecular complexity index is 440. The van der Waals surface area contributed by atoms with Gasteiger partial charge in [-0.25, -0.2) is 0 Å². The van der Waals surface area contributed by atoms with Crippen LogP contribution >= 0.6 is 0 Å². The summed E-state index contributed by atoms with van der Waals surface area (Å²) in [5, 5.41) is 3.03. The molecule has 1 aromatic rings. The summed E-state index contributed by atoms with van der Waals surface area (Å²) >= 11 is 0. The maximum absolute atomic E-state index is 11.6. The zero-order valence-corrected chi connectivity index (χ0v) is 10.6. The highest BCUT2D eigenvalue weighted by atomic mass is 16.5. The molecule has 1 N–H and O–H groups in total. The number of hydrogen-bond donors (Lipinski definition) is 1. The standard InChI is InChI=1S/C15H19NO2/c1-2-8-16-11-14(17)5-3-12-4-6-15-13(10-12)7-9-18-15/h2,4,6,10,16H,1,3,5,7-9,11H2. The second-order valence-electron chi connectivity index (χ2n) is 4.50. The number of rotatable bonds is 7. The van der Waals surface area contributed by atoms with Crippen LogP contribution in [0.15, 0.2) is 30.9 Å². The quantitative estimate of drug-likeness (QED) is 0.589. The Morgan fingerprint density at radius 1 is 1.50 bits per heavy atom. The van der Waals surface area contributed by atoms with E-state index in [2.05, 4.69) is 24.0 Å². The van der Waals surface area contributed by atoms with E-state index in [1.54, 1.807) is 6.08 Å². The van der Waals surface area contributed by atoms with Gasteiger partial charge in [0, 0.05) is 19.4 Å². The zero-order valence-electron chi connectivity index (χ0n) is 10.6. The summed E-state index contributed by atoms with van der Waals surface area (Å²) in [7, 11) is 0. The van der Waals surface area contributed by atoms with Crippen molar-refractivity contribution in [3.8, 4) is 5.75 Å². The Morgan fingerprint density at radius 3 is 3.22 bits per heavy atom. The first kappa shape index (κ1) is 12.8. The maximum Gasteiger partial charge on any atom is 0.146 e. The van der Waals surface area contributed by atoms with Gasteiger partial charge in [0.2, 0.25) is 0 Å². The van der Waals surface area contributed by atoms with E-state index in [-0.39, 0.29) is 5.78 Å². The first-order chi connectivity index (χ1) is 8.79. The third-order valence-electron chi connectivity index (χ3n) is 3.06. The van der Waals surface area contributed by atoms with Crippen LogP contribution < -0.4 is 10.1 Å². The van der Waals surface area contributed by atoms with Crippen LogP contribution in [0.25, 0.3) is 0 Å². The summed E-state index contributed by atoms with van der Waals surface area (Å²) < 4.78 is 5.46. The van der Waals surface area contributed by atoms with Crippen molar-refractivity contribution in [2.45, 2.75) is 19.3 Å². The fourth-order valence-electron chi connectivity index (χ4n) is 2.08. The third-order valence-corrected chi connectivity index (χ3v) is 3.06. The molecule has 0 saturated heterocycles. The lowest BCUT2D eigenvalue weighted by atomic mass is 10.0. The van der Waals surface area contributed by atoms with Crippen molar-refractivity contribution >= 4 is 5.78 Å². The largest absolute Gasteiger partial charge is 0.493 e. The molecule has 0 atom stereocenters. The fraction of sp³-hybridized carbons (Fsp3) is 0.400. The molecule has 2 rings (SSSR count). The molecule has 0 spiro atoms. The lowest BCUT2D eigenvalue weighted by Crippen LogP contribution is -2.23. The van der Waals surface area contributed by atoms with E-state index in [1.165, 1.54) is 11.1 Å². The van der Waals surface area contributed by atoms with Gasteiger partial charge in [-0.15, -0.1) is 6.58 Å². The molecule has 0 radical (unpaired) electrons. The van der Waals surface area contributed by atoms with Gasteiger partial charge in [-0.1, -0.05) is 18.2 Å². The summed E-state index contributed by atoms with van der Waals surface area (Å²) in [4.78, 5) is 11.6. The van der Waals surface area contributed by atoms with Crippen LogP contribution in [0.3, 0.4) is 0 Å². The molecule has 1 heterocycles. The Labute approximate surface area is 108 Å². The summed E-state index contributed by atoms with van der Waals surface area (Å²) in [6.45, 7) is 5.49. The van der Waals surface area contributed by atoms with Gasteiger partial charge in [0.15, 0.2) is 0 Å². The number of benzene rings is 1. The summed E-state index contributed by atoms with van der Waals surface area (Å²) in [6, 6.07) is 6.22. The number of fused-ring (bicyclic) bond motifs is 1. The number of carbonyl (C=O) groups is 1. The highest BCUT2D eigenvalue weighted by Gasteiger charge is 2.12. The molecule has 0 fully saturated rings. The van der Waals surface area contributed by atoms with Gasteiger partial charge in [-0.2, -0.15) is 0 Å². The molecule has 1 aliphatic heterocycles. The Kier molecular flexibility index (Phi) is 4.53. The summed E-state index contributed by atoms with van der Waals surface area (Å²) in [6.07, 6.45) is 4.14. The smallest absolute Gasteiger partial charge is 0.146 e. The molecule has 3 nitrogen and oxygen atoms in total. The van der Waals surface area contributed by atoms with Gasteiger partial charge >= 0.3 is 0 Å². The Balaban J connectivity index is 1.79. The van der Waals surface area contributed by atoms with Crippen LogP contribution in [0, 0.1) is 0 Å². The van der Waals surface area contributed by atoms with Gasteiger partial charge in [0.25, 0.3) is 0 Å². The van der Waals surface area contributed by atoms with Crippen molar-refractivity contribution in [2.24, 2.45) is 0 Å². The second kappa shape index (κ2) is 6.36. The summed E-state index contributed by atoms with van der Waals surface area (Å²) in [5.74, 6) is 1.24. The second-order valence-corrected chi connectivity index (χ2v) is 4.50. The van der Waals surface area contributed by atoms with E-state index in [0.717, 1.165) is 25.2 Å². The molecule has 0 aliphatic carbocycles. The number of aryl methyl sites for hydroxylation is 1. The summed E-state index contributed by atoms with van der Waals surface area (Å²) in [5.41, 5.74) is 2.49. The SMILES string of the molecule is C=CCNCC(=O)CCc1ccc2c(c1)CCO2. The van der Waals surface area contributed by atoms with E-state index in [4.69, 9.17) is 4.74 Å². The van der Waals surface area contributed by atoms with Crippen LogP contribution in [0.4, 0.5) is 0 Å². The number of hydrogen-bond acceptors (Lipinski definition) is 3. The highest BCUT2D eigenvalue weighted by molar-refractivity contribution is 5.80. The number of nitrogens with one attached hydrogen (secondary N) is 1. The fourth-order valence-corrected chi connectivity index (χ4v) is 2.08. The minimum atomic E-state index is 0.244. The minimum Gasteiger partial charge on any atom is -0.493 e. The monoisotopic (exact) mass is 245 g/mol. The predicted octanol–water partition coefficient (Wildman–Crippen LogP) is 1.90. The topological polar surface area (TPSA) is 38.3 Å². The van der Waals surface area contributed by atoms with Crippen LogP contribution in [-0.4, -0.2) is 25.5 Å². The minimum absolute atomic E-state index is 0.244. The van der Waals surface area contributed by atoms with Gasteiger partial charge < -0.3 is 10.1 Å². The van der Waals surface area contributed by atoms with Crippen LogP contribution in [0.1, 0.15) is 17.5 Å². The first-order valence-electron chi connectivity index (χ1n) is 6.37. The lowest BCUT2D eigenvalue weighted by Gasteiger charge is -2.04. The first-order valence-corrected chi connectivity index (χ1v) is 6.37. The number of Topliss-reactive ketones (excluding diaryl/α,β-unsaturated/α-hetero) is 1. The molecule has 0 unspecified atom stereocenters.